The number of rotatable bonds is 4. The van der Waals surface area contributed by atoms with Gasteiger partial charge in [-0.1, -0.05) is 12.1 Å². The lowest BCUT2D eigenvalue weighted by Gasteiger charge is -2.30. The molecule has 1 amide bonds. The second-order valence-electron chi connectivity index (χ2n) is 6.16. The van der Waals surface area contributed by atoms with E-state index in [4.69, 9.17) is 4.74 Å². The van der Waals surface area contributed by atoms with Crippen LogP contribution in [0.2, 0.25) is 0 Å². The normalized spacial score (nSPS) is 20.4. The van der Waals surface area contributed by atoms with Crippen molar-refractivity contribution in [1.29, 1.82) is 0 Å². The summed E-state index contributed by atoms with van der Waals surface area (Å²) in [7, 11) is 1.64. The molecule has 0 aliphatic carbocycles. The van der Waals surface area contributed by atoms with E-state index in [1.54, 1.807) is 19.5 Å². The maximum absolute atomic E-state index is 12.5. The zero-order valence-electron chi connectivity index (χ0n) is 14.1. The molecule has 1 fully saturated rings. The zero-order chi connectivity index (χ0) is 16.9. The number of hydrogen-bond donors (Lipinski definition) is 2. The Kier molecular flexibility index (Phi) is 5.11. The number of amides is 1. The van der Waals surface area contributed by atoms with Crippen molar-refractivity contribution in [2.24, 2.45) is 0 Å². The number of ether oxygens (including phenoxy) is 1. The van der Waals surface area contributed by atoms with Gasteiger partial charge in [-0.2, -0.15) is 0 Å². The molecule has 2 N–H and O–H groups in total. The van der Waals surface area contributed by atoms with Crippen molar-refractivity contribution in [3.63, 3.8) is 0 Å². The minimum Gasteiger partial charge on any atom is -0.497 e. The standard InChI is InChI=1S/C19H23N3O2/c1-13-18(4-3-9-21-13)22-19(23)16-10-15(11-20-12-16)14-5-7-17(24-2)8-6-14/h5-8,10-13,18,21H,3-4,9H2,1-2H3,(H,22,23). The van der Waals surface area contributed by atoms with Gasteiger partial charge < -0.3 is 15.4 Å². The molecule has 3 rings (SSSR count). The van der Waals surface area contributed by atoms with Crippen molar-refractivity contribution >= 4 is 5.91 Å². The van der Waals surface area contributed by atoms with E-state index in [1.807, 2.05) is 30.3 Å². The fourth-order valence-electron chi connectivity index (χ4n) is 3.00. The van der Waals surface area contributed by atoms with E-state index in [9.17, 15) is 4.79 Å². The maximum atomic E-state index is 12.5. The molecule has 0 spiro atoms. The molecule has 0 bridgehead atoms. The third-order valence-electron chi connectivity index (χ3n) is 4.50. The number of aromatic nitrogens is 1. The van der Waals surface area contributed by atoms with Crippen LogP contribution >= 0.6 is 0 Å². The van der Waals surface area contributed by atoms with Crippen molar-refractivity contribution < 1.29 is 9.53 Å². The van der Waals surface area contributed by atoms with Gasteiger partial charge in [0.1, 0.15) is 5.75 Å². The van der Waals surface area contributed by atoms with E-state index in [1.165, 1.54) is 0 Å². The molecular formula is C19H23N3O2. The molecule has 1 aromatic carbocycles. The molecule has 0 saturated carbocycles. The van der Waals surface area contributed by atoms with Gasteiger partial charge in [0.05, 0.1) is 12.7 Å². The number of carbonyl (C=O) groups is 1. The largest absolute Gasteiger partial charge is 0.497 e. The average molecular weight is 325 g/mol. The van der Waals surface area contributed by atoms with Crippen molar-refractivity contribution in [1.82, 2.24) is 15.6 Å². The number of nitrogens with one attached hydrogen (secondary N) is 2. The molecule has 1 aliphatic rings. The highest BCUT2D eigenvalue weighted by Gasteiger charge is 2.23. The van der Waals surface area contributed by atoms with Crippen LogP contribution in [0, 0.1) is 0 Å². The monoisotopic (exact) mass is 325 g/mol. The minimum absolute atomic E-state index is 0.0709. The first-order valence-electron chi connectivity index (χ1n) is 8.31. The number of carbonyl (C=O) groups excluding carboxylic acids is 1. The van der Waals surface area contributed by atoms with Crippen LogP contribution in [-0.4, -0.2) is 36.6 Å². The smallest absolute Gasteiger partial charge is 0.253 e. The maximum Gasteiger partial charge on any atom is 0.253 e. The van der Waals surface area contributed by atoms with Crippen molar-refractivity contribution in [3.05, 3.63) is 48.3 Å². The average Bonchev–Trinajstić information content (AvgIpc) is 2.64. The third-order valence-corrected chi connectivity index (χ3v) is 4.50. The molecule has 5 heteroatoms. The molecule has 5 nitrogen and oxygen atoms in total. The van der Waals surface area contributed by atoms with E-state index in [-0.39, 0.29) is 11.9 Å². The summed E-state index contributed by atoms with van der Waals surface area (Å²) in [5.41, 5.74) is 2.51. The number of methoxy groups -OCH3 is 1. The Hall–Kier alpha value is -2.40. The van der Waals surface area contributed by atoms with Crippen LogP contribution in [0.25, 0.3) is 11.1 Å². The third kappa shape index (κ3) is 3.74. The van der Waals surface area contributed by atoms with Gasteiger partial charge in [0.2, 0.25) is 0 Å². The van der Waals surface area contributed by atoms with Crippen LogP contribution in [0.5, 0.6) is 5.75 Å². The van der Waals surface area contributed by atoms with Crippen molar-refractivity contribution in [3.8, 4) is 16.9 Å². The molecule has 1 saturated heterocycles. The van der Waals surface area contributed by atoms with Crippen LogP contribution in [0.4, 0.5) is 0 Å². The summed E-state index contributed by atoms with van der Waals surface area (Å²) in [6.45, 7) is 3.12. The van der Waals surface area contributed by atoms with Crippen molar-refractivity contribution in [2.75, 3.05) is 13.7 Å². The Bertz CT molecular complexity index is 700. The van der Waals surface area contributed by atoms with E-state index in [2.05, 4.69) is 22.5 Å². The molecule has 2 heterocycles. The van der Waals surface area contributed by atoms with Gasteiger partial charge in [-0.15, -0.1) is 0 Å². The molecule has 126 valence electrons. The number of benzene rings is 1. The second-order valence-corrected chi connectivity index (χ2v) is 6.16. The summed E-state index contributed by atoms with van der Waals surface area (Å²) in [6.07, 6.45) is 5.47. The lowest BCUT2D eigenvalue weighted by molar-refractivity contribution is 0.0919. The Balaban J connectivity index is 1.75. The summed E-state index contributed by atoms with van der Waals surface area (Å²) in [6, 6.07) is 10.1. The van der Waals surface area contributed by atoms with E-state index < -0.39 is 0 Å². The van der Waals surface area contributed by atoms with E-state index >= 15 is 0 Å². The number of nitrogens with zero attached hydrogens (tertiary/aromatic N) is 1. The highest BCUT2D eigenvalue weighted by Crippen LogP contribution is 2.22. The predicted molar refractivity (Wildman–Crippen MR) is 94.2 cm³/mol. The Morgan fingerprint density at radius 3 is 2.75 bits per heavy atom. The van der Waals surface area contributed by atoms with Crippen LogP contribution in [-0.2, 0) is 0 Å². The van der Waals surface area contributed by atoms with Gasteiger partial charge >= 0.3 is 0 Å². The molecule has 0 radical (unpaired) electrons. The van der Waals surface area contributed by atoms with E-state index in [0.717, 1.165) is 36.3 Å². The molecule has 1 aliphatic heterocycles. The number of piperidine rings is 1. The van der Waals surface area contributed by atoms with Gasteiger partial charge in [-0.3, -0.25) is 9.78 Å². The minimum atomic E-state index is -0.0709. The summed E-state index contributed by atoms with van der Waals surface area (Å²) in [5, 5.41) is 6.52. The van der Waals surface area contributed by atoms with Gasteiger partial charge in [-0.25, -0.2) is 0 Å². The van der Waals surface area contributed by atoms with Crippen LogP contribution < -0.4 is 15.4 Å². The molecule has 2 atom stereocenters. The molecule has 24 heavy (non-hydrogen) atoms. The summed E-state index contributed by atoms with van der Waals surface area (Å²) in [4.78, 5) is 16.8. The van der Waals surface area contributed by atoms with Gasteiger partial charge in [0.25, 0.3) is 5.91 Å². The fourth-order valence-corrected chi connectivity index (χ4v) is 3.00. The zero-order valence-corrected chi connectivity index (χ0v) is 14.1. The van der Waals surface area contributed by atoms with Gasteiger partial charge in [-0.05, 0) is 50.1 Å². The Morgan fingerprint density at radius 1 is 1.25 bits per heavy atom. The van der Waals surface area contributed by atoms with Gasteiger partial charge in [0.15, 0.2) is 0 Å². The highest BCUT2D eigenvalue weighted by molar-refractivity contribution is 5.95. The topological polar surface area (TPSA) is 63.2 Å². The number of pyridine rings is 1. The Morgan fingerprint density at radius 2 is 2.04 bits per heavy atom. The lowest BCUT2D eigenvalue weighted by Crippen LogP contribution is -2.51. The second kappa shape index (κ2) is 7.45. The predicted octanol–water partition coefficient (Wildman–Crippen LogP) is 2.63. The first kappa shape index (κ1) is 16.5. The first-order valence-corrected chi connectivity index (χ1v) is 8.31. The summed E-state index contributed by atoms with van der Waals surface area (Å²) in [5.74, 6) is 0.734. The van der Waals surface area contributed by atoms with Crippen LogP contribution in [0.15, 0.2) is 42.7 Å². The summed E-state index contributed by atoms with van der Waals surface area (Å²) >= 11 is 0. The number of hydrogen-bond acceptors (Lipinski definition) is 4. The molecular weight excluding hydrogens is 302 g/mol. The lowest BCUT2D eigenvalue weighted by atomic mass is 9.99. The molecule has 2 unspecified atom stereocenters. The first-order chi connectivity index (χ1) is 11.7. The van der Waals surface area contributed by atoms with Gasteiger partial charge in [0, 0.05) is 30.0 Å². The van der Waals surface area contributed by atoms with E-state index in [0.29, 0.717) is 11.6 Å². The van der Waals surface area contributed by atoms with Crippen molar-refractivity contribution in [2.45, 2.75) is 31.8 Å². The van der Waals surface area contributed by atoms with Crippen LogP contribution in [0.1, 0.15) is 30.1 Å². The SMILES string of the molecule is COc1ccc(-c2cncc(C(=O)NC3CCCNC3C)c2)cc1. The quantitative estimate of drug-likeness (QED) is 0.907. The summed E-state index contributed by atoms with van der Waals surface area (Å²) < 4.78 is 5.18. The fraction of sp³-hybridized carbons (Fsp3) is 0.368. The molecule has 2 aromatic rings. The Labute approximate surface area is 142 Å². The van der Waals surface area contributed by atoms with Crippen LogP contribution in [0.3, 0.4) is 0 Å². The molecule has 1 aromatic heterocycles. The highest BCUT2D eigenvalue weighted by atomic mass is 16.5.